The van der Waals surface area contributed by atoms with E-state index in [0.29, 0.717) is 0 Å². The first-order chi connectivity index (χ1) is 10.6. The van der Waals surface area contributed by atoms with Crippen LogP contribution in [-0.2, 0) is 26.2 Å². The van der Waals surface area contributed by atoms with Gasteiger partial charge < -0.3 is 24.8 Å². The molecule has 0 saturated carbocycles. The number of halogens is 2. The van der Waals surface area contributed by atoms with Gasteiger partial charge in [0.25, 0.3) is 0 Å². The van der Waals surface area contributed by atoms with Crippen molar-refractivity contribution in [2.75, 3.05) is 0 Å². The molecule has 0 aromatic heterocycles. The van der Waals surface area contributed by atoms with Crippen LogP contribution in [0.3, 0.4) is 0 Å². The Morgan fingerprint density at radius 2 is 1.76 bits per heavy atom. The maximum atomic E-state index is 4.08. The number of allylic oxidation sites excluding steroid dienone is 5. The molecule has 0 fully saturated rings. The Balaban J connectivity index is 0.000000416. The van der Waals surface area contributed by atoms with Crippen molar-refractivity contribution >= 4 is 31.1 Å². The first kappa shape index (κ1) is 24.3. The van der Waals surface area contributed by atoms with E-state index in [1.165, 1.54) is 33.1 Å². The van der Waals surface area contributed by atoms with Crippen molar-refractivity contribution in [3.8, 4) is 0 Å². The summed E-state index contributed by atoms with van der Waals surface area (Å²) >= 11 is 0. The second-order valence-electron chi connectivity index (χ2n) is 5.99. The largest absolute Gasteiger partial charge is 3.00 e. The van der Waals surface area contributed by atoms with Crippen LogP contribution in [0.4, 0.5) is 0 Å². The van der Waals surface area contributed by atoms with Gasteiger partial charge in [-0.15, -0.1) is 40.6 Å². The number of hydrogen-bond acceptors (Lipinski definition) is 1. The summed E-state index contributed by atoms with van der Waals surface area (Å²) < 4.78 is 0. The van der Waals surface area contributed by atoms with Crippen molar-refractivity contribution in [2.24, 2.45) is 4.99 Å². The van der Waals surface area contributed by atoms with Gasteiger partial charge in [0.1, 0.15) is 0 Å². The van der Waals surface area contributed by atoms with Crippen LogP contribution >= 0.6 is 0 Å². The molecule has 2 aliphatic rings. The maximum absolute atomic E-state index is 4.08. The van der Waals surface area contributed by atoms with Gasteiger partial charge in [-0.3, -0.25) is 4.99 Å². The number of fused-ring (bicyclic) bond motifs is 2. The summed E-state index contributed by atoms with van der Waals surface area (Å²) in [5.41, 5.74) is 7.61. The summed E-state index contributed by atoms with van der Waals surface area (Å²) in [5, 5.41) is 2.69. The van der Waals surface area contributed by atoms with Crippen LogP contribution in [0.5, 0.6) is 0 Å². The molecule has 0 N–H and O–H groups in total. The molecule has 4 rings (SSSR count). The zero-order chi connectivity index (χ0) is 15.5. The van der Waals surface area contributed by atoms with Gasteiger partial charge in [-0.1, -0.05) is 31.8 Å². The number of rotatable bonds is 1. The van der Waals surface area contributed by atoms with Gasteiger partial charge in [0, 0.05) is 32.0 Å². The average molecular weight is 465 g/mol. The molecule has 1 aliphatic carbocycles. The molecule has 2 aromatic rings. The molecule has 5 heteroatoms. The molecule has 0 bridgehead atoms. The second kappa shape index (κ2) is 11.1. The molecule has 0 unspecified atom stereocenters. The van der Waals surface area contributed by atoms with E-state index in [2.05, 4.69) is 79.2 Å². The SMILES string of the molecule is C[Si](C)=CC1=CC2=CN=CC2=C1.Cc1cc2ccccc2[cH-]1.[Cl-].[Cl-].[Zr+3]. The average Bonchev–Trinajstić information content (AvgIpc) is 3.11. The topological polar surface area (TPSA) is 12.4 Å². The van der Waals surface area contributed by atoms with E-state index in [1.807, 2.05) is 12.4 Å². The van der Waals surface area contributed by atoms with Crippen LogP contribution in [0.2, 0.25) is 13.1 Å². The van der Waals surface area contributed by atoms with Crippen molar-refractivity contribution in [1.82, 2.24) is 0 Å². The maximum Gasteiger partial charge on any atom is 3.00 e. The molecule has 0 spiro atoms. The molecule has 1 radical (unpaired) electrons. The van der Waals surface area contributed by atoms with E-state index >= 15 is 0 Å². The number of aliphatic imine (C=N–C) groups is 1. The Morgan fingerprint density at radius 3 is 2.40 bits per heavy atom. The van der Waals surface area contributed by atoms with Crippen molar-refractivity contribution in [3.63, 3.8) is 0 Å². The Bertz CT molecular complexity index is 836. The number of benzene rings is 1. The third-order valence-electron chi connectivity index (χ3n) is 3.62. The summed E-state index contributed by atoms with van der Waals surface area (Å²) in [7, 11) is -0.257. The standard InChI is InChI=1S/C10H11NSi.C10H9.2ClH.Zr/c1-12(2)7-8-3-9-5-11-6-10(9)4-8;1-8-6-9-4-2-3-5-10(9)7-8;;;/h3-7H,1-2H3;2-7H,1H3;2*1H;/q;-1;;;+3/p-2. The minimum Gasteiger partial charge on any atom is -1.00 e. The van der Waals surface area contributed by atoms with Crippen molar-refractivity contribution < 1.29 is 51.0 Å². The third-order valence-corrected chi connectivity index (χ3v) is 4.53. The predicted octanol–water partition coefficient (Wildman–Crippen LogP) is -1.17. The monoisotopic (exact) mass is 462 g/mol. The summed E-state index contributed by atoms with van der Waals surface area (Å²) in [4.78, 5) is 4.08. The van der Waals surface area contributed by atoms with Gasteiger partial charge in [-0.25, -0.2) is 0 Å². The van der Waals surface area contributed by atoms with E-state index in [1.54, 1.807) is 0 Å². The van der Waals surface area contributed by atoms with Crippen molar-refractivity contribution in [1.29, 1.82) is 0 Å². The molecular weight excluding hydrogens is 444 g/mol. The fourth-order valence-electron chi connectivity index (χ4n) is 2.71. The van der Waals surface area contributed by atoms with Gasteiger partial charge >= 0.3 is 26.2 Å². The number of hydrogen-bond donors (Lipinski definition) is 0. The van der Waals surface area contributed by atoms with E-state index in [-0.39, 0.29) is 59.4 Å². The minimum atomic E-state index is -0.257. The first-order valence-corrected chi connectivity index (χ1v) is 10.1. The van der Waals surface area contributed by atoms with Crippen LogP contribution in [0.1, 0.15) is 5.56 Å². The molecule has 1 nitrogen and oxygen atoms in total. The van der Waals surface area contributed by atoms with E-state index < -0.39 is 0 Å². The zero-order valence-electron chi connectivity index (χ0n) is 14.6. The van der Waals surface area contributed by atoms with Crippen molar-refractivity contribution in [3.05, 3.63) is 77.0 Å². The Hall–Kier alpha value is -0.730. The molecule has 127 valence electrons. The zero-order valence-corrected chi connectivity index (χ0v) is 19.5. The number of aryl methyl sites for hydroxylation is 1. The summed E-state index contributed by atoms with van der Waals surface area (Å²) in [6.45, 7) is 6.71. The van der Waals surface area contributed by atoms with Gasteiger partial charge in [0.2, 0.25) is 0 Å². The molecule has 2 aromatic carbocycles. The molecular formula is C20H20Cl2NSiZr. The molecule has 25 heavy (non-hydrogen) atoms. The Kier molecular flexibility index (Phi) is 10.8. The van der Waals surface area contributed by atoms with Gasteiger partial charge in [-0.2, -0.15) is 6.07 Å². The summed E-state index contributed by atoms with van der Waals surface area (Å²) in [5.74, 6) is 0. The normalized spacial score (nSPS) is 13.0. The van der Waals surface area contributed by atoms with Crippen LogP contribution in [-0.4, -0.2) is 20.3 Å². The van der Waals surface area contributed by atoms with Gasteiger partial charge in [-0.05, 0) is 17.7 Å². The predicted molar refractivity (Wildman–Crippen MR) is 101 cm³/mol. The molecule has 0 amide bonds. The molecule has 0 saturated heterocycles. The van der Waals surface area contributed by atoms with Crippen LogP contribution in [0.15, 0.2) is 76.5 Å². The fraction of sp³-hybridized carbons (Fsp3) is 0.150. The van der Waals surface area contributed by atoms with Crippen molar-refractivity contribution in [2.45, 2.75) is 20.0 Å². The van der Waals surface area contributed by atoms with Crippen LogP contribution < -0.4 is 24.8 Å². The van der Waals surface area contributed by atoms with E-state index in [9.17, 15) is 0 Å². The third kappa shape index (κ3) is 6.49. The molecule has 1 aliphatic heterocycles. The van der Waals surface area contributed by atoms with E-state index in [0.717, 1.165) is 0 Å². The Morgan fingerprint density at radius 1 is 1.04 bits per heavy atom. The molecule has 0 atom stereocenters. The van der Waals surface area contributed by atoms with E-state index in [4.69, 9.17) is 0 Å². The van der Waals surface area contributed by atoms with Gasteiger partial charge in [0.15, 0.2) is 0 Å². The summed E-state index contributed by atoms with van der Waals surface area (Å²) in [6.07, 6.45) is 8.26. The number of nitrogens with zero attached hydrogens (tertiary/aromatic N) is 1. The van der Waals surface area contributed by atoms with Gasteiger partial charge in [0.05, 0.1) is 0 Å². The fourth-order valence-corrected chi connectivity index (χ4v) is 3.54. The molecule has 1 heterocycles. The van der Waals surface area contributed by atoms with Crippen LogP contribution in [0, 0.1) is 6.92 Å². The quantitative estimate of drug-likeness (QED) is 0.373. The smallest absolute Gasteiger partial charge is 1.00 e. The van der Waals surface area contributed by atoms with Crippen LogP contribution in [0.25, 0.3) is 10.8 Å². The summed E-state index contributed by atoms with van der Waals surface area (Å²) in [6, 6.07) is 12.8. The first-order valence-electron chi connectivity index (χ1n) is 7.56. The Labute approximate surface area is 183 Å². The minimum absolute atomic E-state index is 0. The second-order valence-corrected chi connectivity index (χ2v) is 8.43.